The van der Waals surface area contributed by atoms with E-state index in [9.17, 15) is 13.2 Å². The van der Waals surface area contributed by atoms with E-state index < -0.39 is 12.1 Å². The average Bonchev–Trinajstić information content (AvgIpc) is 2.17. The summed E-state index contributed by atoms with van der Waals surface area (Å²) in [6.45, 7) is 11.1. The number of halogens is 3. The highest BCUT2D eigenvalue weighted by Crippen LogP contribution is 2.37. The Balaban J connectivity index is 3.38. The van der Waals surface area contributed by atoms with Gasteiger partial charge in [-0.25, -0.2) is 0 Å². The summed E-state index contributed by atoms with van der Waals surface area (Å²) in [5.74, 6) is -1.42. The molecule has 3 heteroatoms. The maximum Gasteiger partial charge on any atom is 0.395 e. The second-order valence-electron chi connectivity index (χ2n) is 6.02. The number of alkyl halides is 3. The number of rotatable bonds is 1. The first-order valence-electron chi connectivity index (χ1n) is 6.13. The molecule has 0 N–H and O–H groups in total. The third kappa shape index (κ3) is 3.06. The van der Waals surface area contributed by atoms with E-state index in [4.69, 9.17) is 0 Å². The summed E-state index contributed by atoms with van der Waals surface area (Å²) in [6.07, 6.45) is -4.18. The summed E-state index contributed by atoms with van der Waals surface area (Å²) in [6, 6.07) is 3.36. The van der Waals surface area contributed by atoms with Crippen molar-refractivity contribution in [2.75, 3.05) is 0 Å². The lowest BCUT2D eigenvalue weighted by molar-refractivity contribution is -0.146. The molecule has 0 saturated carbocycles. The average molecular weight is 258 g/mol. The first kappa shape index (κ1) is 15.1. The largest absolute Gasteiger partial charge is 0.395 e. The van der Waals surface area contributed by atoms with Crippen LogP contribution in [0.5, 0.6) is 0 Å². The number of hydrogen-bond donors (Lipinski definition) is 0. The van der Waals surface area contributed by atoms with Gasteiger partial charge < -0.3 is 0 Å². The van der Waals surface area contributed by atoms with Gasteiger partial charge in [0.2, 0.25) is 0 Å². The molecule has 0 radical (unpaired) electrons. The van der Waals surface area contributed by atoms with Crippen LogP contribution in [0.2, 0.25) is 0 Å². The normalized spacial score (nSPS) is 14.7. The highest BCUT2D eigenvalue weighted by molar-refractivity contribution is 5.42. The number of hydrogen-bond acceptors (Lipinski definition) is 0. The molecule has 0 amide bonds. The fraction of sp³-hybridized carbons (Fsp3) is 0.600. The molecular formula is C15H21F3. The Morgan fingerprint density at radius 2 is 1.50 bits per heavy atom. The smallest absolute Gasteiger partial charge is 0.170 e. The quantitative estimate of drug-likeness (QED) is 0.644. The Morgan fingerprint density at radius 3 is 1.89 bits per heavy atom. The summed E-state index contributed by atoms with van der Waals surface area (Å²) < 4.78 is 38.4. The van der Waals surface area contributed by atoms with Crippen LogP contribution >= 0.6 is 0 Å². The van der Waals surface area contributed by atoms with Crippen molar-refractivity contribution in [1.82, 2.24) is 0 Å². The highest BCUT2D eigenvalue weighted by atomic mass is 19.4. The van der Waals surface area contributed by atoms with Gasteiger partial charge in [-0.3, -0.25) is 0 Å². The van der Waals surface area contributed by atoms with Gasteiger partial charge in [-0.05, 0) is 48.4 Å². The first-order chi connectivity index (χ1) is 7.94. The minimum Gasteiger partial charge on any atom is -0.170 e. The van der Waals surface area contributed by atoms with E-state index in [0.717, 1.165) is 16.7 Å². The van der Waals surface area contributed by atoms with E-state index in [1.165, 1.54) is 6.92 Å². The van der Waals surface area contributed by atoms with Crippen molar-refractivity contribution in [3.05, 3.63) is 34.4 Å². The predicted molar refractivity (Wildman–Crippen MR) is 69.1 cm³/mol. The third-order valence-corrected chi connectivity index (χ3v) is 3.49. The Morgan fingerprint density at radius 1 is 1.00 bits per heavy atom. The van der Waals surface area contributed by atoms with E-state index in [1.54, 1.807) is 12.1 Å². The van der Waals surface area contributed by atoms with E-state index in [2.05, 4.69) is 0 Å². The Bertz CT molecular complexity index is 436. The molecule has 0 nitrogen and oxygen atoms in total. The lowest BCUT2D eigenvalue weighted by Crippen LogP contribution is -2.20. The molecule has 0 bridgehead atoms. The fourth-order valence-corrected chi connectivity index (χ4v) is 2.11. The third-order valence-electron chi connectivity index (χ3n) is 3.49. The molecule has 0 spiro atoms. The predicted octanol–water partition coefficient (Wildman–Crippen LogP) is 5.27. The first-order valence-corrected chi connectivity index (χ1v) is 6.13. The summed E-state index contributed by atoms with van der Waals surface area (Å²) in [4.78, 5) is 0. The molecule has 1 rings (SSSR count). The molecule has 0 aliphatic rings. The van der Waals surface area contributed by atoms with Crippen molar-refractivity contribution in [2.24, 2.45) is 0 Å². The van der Waals surface area contributed by atoms with Gasteiger partial charge in [-0.15, -0.1) is 0 Å². The van der Waals surface area contributed by atoms with Crippen LogP contribution in [0.1, 0.15) is 55.9 Å². The molecule has 0 fully saturated rings. The summed E-state index contributed by atoms with van der Waals surface area (Å²) in [5.41, 5.74) is 3.22. The van der Waals surface area contributed by atoms with E-state index in [1.807, 2.05) is 34.6 Å². The molecule has 1 atom stereocenters. The second-order valence-corrected chi connectivity index (χ2v) is 6.02. The Hall–Kier alpha value is -0.990. The zero-order chi connectivity index (χ0) is 14.3. The molecule has 18 heavy (non-hydrogen) atoms. The maximum absolute atomic E-state index is 12.8. The summed E-state index contributed by atoms with van der Waals surface area (Å²) in [5, 5.41) is 0. The molecule has 1 aromatic carbocycles. The Labute approximate surface area is 107 Å². The van der Waals surface area contributed by atoms with Crippen molar-refractivity contribution < 1.29 is 13.2 Å². The molecule has 0 aliphatic carbocycles. The highest BCUT2D eigenvalue weighted by Gasteiger charge is 2.37. The van der Waals surface area contributed by atoms with Crippen molar-refractivity contribution in [3.8, 4) is 0 Å². The summed E-state index contributed by atoms with van der Waals surface area (Å²) >= 11 is 0. The topological polar surface area (TPSA) is 0 Å². The van der Waals surface area contributed by atoms with Crippen LogP contribution < -0.4 is 0 Å². The summed E-state index contributed by atoms with van der Waals surface area (Å²) in [7, 11) is 0. The van der Waals surface area contributed by atoms with Gasteiger partial charge in [-0.1, -0.05) is 32.9 Å². The molecule has 1 aromatic rings. The number of benzene rings is 1. The van der Waals surface area contributed by atoms with Crippen molar-refractivity contribution in [3.63, 3.8) is 0 Å². The van der Waals surface area contributed by atoms with Crippen LogP contribution in [0.4, 0.5) is 13.2 Å². The van der Waals surface area contributed by atoms with Gasteiger partial charge in [-0.2, -0.15) is 13.2 Å². The molecule has 1 unspecified atom stereocenters. The zero-order valence-corrected chi connectivity index (χ0v) is 11.9. The van der Waals surface area contributed by atoms with Crippen LogP contribution in [-0.4, -0.2) is 6.18 Å². The molecule has 0 aliphatic heterocycles. The molecule has 0 heterocycles. The lowest BCUT2D eigenvalue weighted by Gasteiger charge is -2.26. The van der Waals surface area contributed by atoms with Crippen LogP contribution in [0.15, 0.2) is 12.1 Å². The maximum atomic E-state index is 12.8. The monoisotopic (exact) mass is 258 g/mol. The van der Waals surface area contributed by atoms with Gasteiger partial charge >= 0.3 is 6.18 Å². The van der Waals surface area contributed by atoms with Crippen molar-refractivity contribution in [1.29, 1.82) is 0 Å². The van der Waals surface area contributed by atoms with Gasteiger partial charge in [0.25, 0.3) is 0 Å². The lowest BCUT2D eigenvalue weighted by atomic mass is 9.80. The zero-order valence-electron chi connectivity index (χ0n) is 11.9. The molecule has 0 saturated heterocycles. The van der Waals surface area contributed by atoms with Crippen LogP contribution in [0, 0.1) is 13.8 Å². The van der Waals surface area contributed by atoms with Crippen LogP contribution in [-0.2, 0) is 5.41 Å². The fourth-order valence-electron chi connectivity index (χ4n) is 2.11. The van der Waals surface area contributed by atoms with Crippen molar-refractivity contribution in [2.45, 2.75) is 59.1 Å². The number of aryl methyl sites for hydroxylation is 1. The van der Waals surface area contributed by atoms with E-state index in [-0.39, 0.29) is 5.41 Å². The standard InChI is InChI=1S/C15H21F3/c1-9-7-12(11(3)15(16,17)18)8-13(10(9)2)14(4,5)6/h7-8,11H,1-6H3. The SMILES string of the molecule is Cc1cc(C(C)C(F)(F)F)cc(C(C)(C)C)c1C. The molecule has 102 valence electrons. The van der Waals surface area contributed by atoms with Gasteiger partial charge in [0, 0.05) is 0 Å². The van der Waals surface area contributed by atoms with Crippen LogP contribution in [0.3, 0.4) is 0 Å². The molecular weight excluding hydrogens is 237 g/mol. The minimum atomic E-state index is -4.18. The molecule has 0 aromatic heterocycles. The minimum absolute atomic E-state index is 0.143. The van der Waals surface area contributed by atoms with Crippen molar-refractivity contribution >= 4 is 0 Å². The van der Waals surface area contributed by atoms with E-state index >= 15 is 0 Å². The van der Waals surface area contributed by atoms with Gasteiger partial charge in [0.05, 0.1) is 5.92 Å². The van der Waals surface area contributed by atoms with Crippen LogP contribution in [0.25, 0.3) is 0 Å². The second kappa shape index (κ2) is 4.60. The van der Waals surface area contributed by atoms with E-state index in [0.29, 0.717) is 5.56 Å². The Kier molecular flexibility index (Phi) is 3.85. The van der Waals surface area contributed by atoms with Gasteiger partial charge in [0.15, 0.2) is 0 Å². The van der Waals surface area contributed by atoms with Gasteiger partial charge in [0.1, 0.15) is 0 Å².